The predicted octanol–water partition coefficient (Wildman–Crippen LogP) is 2.77. The second-order valence-electron chi connectivity index (χ2n) is 18.8. The molecule has 2 aliphatic carbocycles. The van der Waals surface area contributed by atoms with E-state index >= 15 is 0 Å². The zero-order chi connectivity index (χ0) is 53.1. The van der Waals surface area contributed by atoms with Crippen LogP contribution in [0.4, 0.5) is 4.79 Å². The number of aliphatic hydroxyl groups excluding tert-OH is 5. The molecule has 26 heteroatoms. The highest BCUT2D eigenvalue weighted by Gasteiger charge is 2.48. The number of benzene rings is 3. The number of carbonyl (C=O) groups is 1. The van der Waals surface area contributed by atoms with Crippen molar-refractivity contribution in [1.29, 1.82) is 0 Å². The largest absolute Gasteiger partial charge is 0.445 e. The van der Waals surface area contributed by atoms with E-state index in [1.54, 1.807) is 4.90 Å². The Kier molecular flexibility index (Phi) is 22.4. The molecule has 2 aliphatic heterocycles. The summed E-state index contributed by atoms with van der Waals surface area (Å²) in [5, 5.41) is 62.1. The Balaban J connectivity index is 0.000000337. The molecule has 0 spiro atoms. The smallest absolute Gasteiger partial charge is 0.410 e. The maximum atomic E-state index is 14.0. The number of ether oxygens (including phenoxy) is 6. The van der Waals surface area contributed by atoms with Gasteiger partial charge in [-0.2, -0.15) is 0 Å². The van der Waals surface area contributed by atoms with Crippen molar-refractivity contribution >= 4 is 6.09 Å². The van der Waals surface area contributed by atoms with E-state index in [0.29, 0.717) is 25.7 Å². The first kappa shape index (κ1) is 57.6. The minimum Gasteiger partial charge on any atom is -0.445 e. The molecule has 3 aromatic carbocycles. The van der Waals surface area contributed by atoms with E-state index in [4.69, 9.17) is 62.0 Å². The highest BCUT2D eigenvalue weighted by Crippen LogP contribution is 2.35. The van der Waals surface area contributed by atoms with Gasteiger partial charge < -0.3 is 76.9 Å². The number of amides is 1. The van der Waals surface area contributed by atoms with Crippen LogP contribution in [0.3, 0.4) is 0 Å². The Morgan fingerprint density at radius 2 is 1.18 bits per heavy atom. The second-order valence-corrected chi connectivity index (χ2v) is 18.8. The van der Waals surface area contributed by atoms with Crippen LogP contribution < -0.4 is 22.9 Å². The molecule has 26 nitrogen and oxygen atoms in total. The van der Waals surface area contributed by atoms with Gasteiger partial charge in [0.2, 0.25) is 0 Å². The van der Waals surface area contributed by atoms with E-state index in [2.05, 4.69) is 30.1 Å². The number of hydrogen-bond donors (Lipinski definition) is 9. The Hall–Kier alpha value is -5.70. The standard InChI is InChI=1S/C35H40N10O7.C13H28N4O5/c36-42-39-26-16-17-30(51-34(26)52-33-28(41-44-38)18-27(40-43-37)31(46)32(33)47)29(22-49-20-24-12-6-2-7-13-24)45(19-23-10-4-1-5-11-23)35(48)50-21-25-14-8-3-9-15-25;14-5-1-2-9(8(17)4-18)21-13(5)22-12-7(16)3-6(15)10(19)11(12)20/h1-15,26-34,46-47H,16-22H2;5-13,18-20H,1-4,14-17H2/t26-,27-,28+,29+,30+,31+,32-,33-,34-;5-,6-,7+,8+,9+,10+,11-,12-,13-/m11/s1. The minimum atomic E-state index is -1.65. The third kappa shape index (κ3) is 15.7. The molecule has 4 fully saturated rings. The Bertz CT molecular complexity index is 2320. The SMILES string of the molecule is N[C@@H]1CC[C@@H]([C@@H](N)CO)O[C@@H]1O[C@H]1[C@H](O)[C@@H](O)[C@H](N)C[C@@H]1N.[N-]=[N+]=N[C@H]1C[C@@H](N=[N+]=[N-])[C@H](O)[C@@H](O)[C@@H]1O[C@H]1O[C@H]([C@H](COCc2ccccc2)N(Cc2ccccc2)C(=O)OCc2ccccc2)CC[C@H]1N=[N+]=[N-]. The van der Waals surface area contributed by atoms with Crippen molar-refractivity contribution in [3.8, 4) is 0 Å². The number of nitrogens with zero attached hydrogens (tertiary/aromatic N) is 10. The van der Waals surface area contributed by atoms with E-state index in [9.17, 15) is 36.3 Å². The quantitative estimate of drug-likeness (QED) is 0.0473. The van der Waals surface area contributed by atoms with Crippen molar-refractivity contribution in [1.82, 2.24) is 4.90 Å². The van der Waals surface area contributed by atoms with Crippen LogP contribution in [0, 0.1) is 0 Å². The van der Waals surface area contributed by atoms with Gasteiger partial charge in [-0.15, -0.1) is 0 Å². The second kappa shape index (κ2) is 28.8. The molecule has 1 amide bonds. The highest BCUT2D eigenvalue weighted by atomic mass is 16.7. The minimum absolute atomic E-state index is 0.0195. The molecular weight excluding hydrogens is 965 g/mol. The van der Waals surface area contributed by atoms with Crippen molar-refractivity contribution in [2.24, 2.45) is 38.3 Å². The van der Waals surface area contributed by atoms with Gasteiger partial charge in [-0.25, -0.2) is 4.79 Å². The van der Waals surface area contributed by atoms with Gasteiger partial charge in [0.15, 0.2) is 12.6 Å². The van der Waals surface area contributed by atoms with Crippen LogP contribution in [0.2, 0.25) is 0 Å². The molecule has 74 heavy (non-hydrogen) atoms. The van der Waals surface area contributed by atoms with Gasteiger partial charge in [0, 0.05) is 33.4 Å². The average molecular weight is 1030 g/mol. The third-order valence-corrected chi connectivity index (χ3v) is 13.6. The number of aliphatic hydroxyl groups is 5. The highest BCUT2D eigenvalue weighted by molar-refractivity contribution is 5.68. The van der Waals surface area contributed by atoms with E-state index in [0.717, 1.165) is 16.7 Å². The fourth-order valence-electron chi connectivity index (χ4n) is 9.44. The van der Waals surface area contributed by atoms with Gasteiger partial charge in [-0.1, -0.05) is 106 Å². The van der Waals surface area contributed by atoms with Crippen LogP contribution in [0.25, 0.3) is 31.3 Å². The lowest BCUT2D eigenvalue weighted by atomic mass is 9.84. The number of carbonyl (C=O) groups excluding carboxylic acids is 1. The first-order valence-electron chi connectivity index (χ1n) is 24.5. The lowest BCUT2D eigenvalue weighted by molar-refractivity contribution is -0.262. The molecule has 0 bridgehead atoms. The van der Waals surface area contributed by atoms with Gasteiger partial charge in [-0.05, 0) is 71.8 Å². The molecule has 4 aliphatic rings. The number of azide groups is 3. The van der Waals surface area contributed by atoms with Gasteiger partial charge in [0.25, 0.3) is 0 Å². The Morgan fingerprint density at radius 3 is 1.80 bits per heavy atom. The lowest BCUT2D eigenvalue weighted by Crippen LogP contribution is -2.64. The summed E-state index contributed by atoms with van der Waals surface area (Å²) in [5.74, 6) is 0. The molecule has 2 saturated carbocycles. The topological polar surface area (TPSA) is 427 Å². The number of hydrogen-bond acceptors (Lipinski definition) is 19. The van der Waals surface area contributed by atoms with E-state index in [1.165, 1.54) is 0 Å². The molecule has 2 heterocycles. The molecule has 3 aromatic rings. The van der Waals surface area contributed by atoms with E-state index in [1.807, 2.05) is 91.0 Å². The summed E-state index contributed by atoms with van der Waals surface area (Å²) in [6, 6.07) is 22.4. The maximum Gasteiger partial charge on any atom is 0.410 e. The molecule has 13 N–H and O–H groups in total. The van der Waals surface area contributed by atoms with Gasteiger partial charge in [0.05, 0.1) is 86.6 Å². The van der Waals surface area contributed by atoms with Gasteiger partial charge in [-0.3, -0.25) is 4.90 Å². The maximum absolute atomic E-state index is 14.0. The molecule has 0 aromatic heterocycles. The fraction of sp³-hybridized carbons (Fsp3) is 0.604. The summed E-state index contributed by atoms with van der Waals surface area (Å²) in [7, 11) is 0. The van der Waals surface area contributed by atoms with Crippen molar-refractivity contribution < 1.29 is 58.7 Å². The monoisotopic (exact) mass is 1030 g/mol. The summed E-state index contributed by atoms with van der Waals surface area (Å²) in [6.07, 6.45) is -9.50. The number of rotatable bonds is 19. The van der Waals surface area contributed by atoms with Crippen molar-refractivity contribution in [3.63, 3.8) is 0 Å². The molecule has 0 radical (unpaired) electrons. The van der Waals surface area contributed by atoms with Crippen LogP contribution in [0.5, 0.6) is 0 Å². The summed E-state index contributed by atoms with van der Waals surface area (Å²) < 4.78 is 36.2. The Labute approximate surface area is 427 Å². The summed E-state index contributed by atoms with van der Waals surface area (Å²) in [6.45, 7) is 0.234. The van der Waals surface area contributed by atoms with Gasteiger partial charge in [0.1, 0.15) is 24.9 Å². The molecule has 402 valence electrons. The Morgan fingerprint density at radius 1 is 0.635 bits per heavy atom. The van der Waals surface area contributed by atoms with E-state index < -0.39 is 110 Å². The molecule has 7 rings (SSSR count). The lowest BCUT2D eigenvalue weighted by Gasteiger charge is -2.45. The predicted molar refractivity (Wildman–Crippen MR) is 265 cm³/mol. The van der Waals surface area contributed by atoms with Crippen LogP contribution >= 0.6 is 0 Å². The number of nitrogens with two attached hydrogens (primary N) is 4. The fourth-order valence-corrected chi connectivity index (χ4v) is 9.44. The summed E-state index contributed by atoms with van der Waals surface area (Å²) in [4.78, 5) is 24.1. The molecular formula is C48H68N14O12. The van der Waals surface area contributed by atoms with Crippen LogP contribution in [-0.4, -0.2) is 159 Å². The first-order valence-corrected chi connectivity index (χ1v) is 24.5. The van der Waals surface area contributed by atoms with Crippen molar-refractivity contribution in [2.75, 3.05) is 13.2 Å². The van der Waals surface area contributed by atoms with Crippen LogP contribution in [0.1, 0.15) is 55.2 Å². The van der Waals surface area contributed by atoms with Crippen LogP contribution in [-0.2, 0) is 48.2 Å². The summed E-state index contributed by atoms with van der Waals surface area (Å²) in [5.41, 5.74) is 53.6. The molecule has 0 unspecified atom stereocenters. The molecule has 2 saturated heterocycles. The van der Waals surface area contributed by atoms with Crippen LogP contribution in [0.15, 0.2) is 106 Å². The summed E-state index contributed by atoms with van der Waals surface area (Å²) >= 11 is 0. The van der Waals surface area contributed by atoms with Crippen molar-refractivity contribution in [2.45, 2.75) is 168 Å². The van der Waals surface area contributed by atoms with Crippen molar-refractivity contribution in [3.05, 3.63) is 139 Å². The zero-order valence-electron chi connectivity index (χ0n) is 40.7. The zero-order valence-corrected chi connectivity index (χ0v) is 40.7. The van der Waals surface area contributed by atoms with Gasteiger partial charge >= 0.3 is 6.09 Å². The first-order chi connectivity index (χ1) is 35.8. The molecule has 18 atom stereocenters. The normalized spacial score (nSPS) is 32.6. The third-order valence-electron chi connectivity index (χ3n) is 13.6. The average Bonchev–Trinajstić information content (AvgIpc) is 3.41. The van der Waals surface area contributed by atoms with E-state index in [-0.39, 0.29) is 51.9 Å².